The van der Waals surface area contributed by atoms with Crippen molar-refractivity contribution in [2.75, 3.05) is 53.1 Å². The average Bonchev–Trinajstić information content (AvgIpc) is 2.77. The minimum atomic E-state index is -0.572. The van der Waals surface area contributed by atoms with E-state index in [1.165, 1.54) is 11.1 Å². The van der Waals surface area contributed by atoms with Crippen molar-refractivity contribution in [2.45, 2.75) is 19.1 Å². The first kappa shape index (κ1) is 21.6. The van der Waals surface area contributed by atoms with Crippen LogP contribution in [0.1, 0.15) is 17.2 Å². The van der Waals surface area contributed by atoms with Crippen molar-refractivity contribution in [3.8, 4) is 11.5 Å². The van der Waals surface area contributed by atoms with Gasteiger partial charge in [0, 0.05) is 32.2 Å². The molecule has 0 aliphatic carbocycles. The molecule has 1 fully saturated rings. The smallest absolute Gasteiger partial charge is 0.119 e. The number of hydrogen-bond donors (Lipinski definition) is 2. The first-order chi connectivity index (χ1) is 14.2. The van der Waals surface area contributed by atoms with Crippen molar-refractivity contribution in [3.05, 3.63) is 59.7 Å². The monoisotopic (exact) mass is 400 g/mol. The molecule has 0 radical (unpaired) electrons. The van der Waals surface area contributed by atoms with Crippen LogP contribution in [0, 0.1) is 6.92 Å². The lowest BCUT2D eigenvalue weighted by molar-refractivity contribution is 0.0151. The fraction of sp³-hybridized carbons (Fsp3) is 0.478. The summed E-state index contributed by atoms with van der Waals surface area (Å²) in [5, 5.41) is 13.7. The molecule has 158 valence electrons. The van der Waals surface area contributed by atoms with Crippen LogP contribution in [0.4, 0.5) is 0 Å². The van der Waals surface area contributed by atoms with Gasteiger partial charge in [-0.3, -0.25) is 4.90 Å². The van der Waals surface area contributed by atoms with E-state index in [9.17, 15) is 5.11 Å². The fourth-order valence-electron chi connectivity index (χ4n) is 3.45. The average molecular weight is 401 g/mol. The maximum absolute atomic E-state index is 10.3. The first-order valence-corrected chi connectivity index (χ1v) is 10.2. The van der Waals surface area contributed by atoms with Gasteiger partial charge in [0.2, 0.25) is 0 Å². The molecular weight excluding hydrogens is 368 g/mol. The number of morpholine rings is 1. The number of nitrogens with one attached hydrogen (secondary N) is 1. The number of nitrogens with zero attached hydrogens (tertiary/aromatic N) is 1. The Labute approximate surface area is 173 Å². The van der Waals surface area contributed by atoms with Crippen LogP contribution in [0.25, 0.3) is 0 Å². The second kappa shape index (κ2) is 11.2. The molecule has 0 amide bonds. The van der Waals surface area contributed by atoms with E-state index in [2.05, 4.69) is 22.3 Å². The van der Waals surface area contributed by atoms with Crippen molar-refractivity contribution >= 4 is 0 Å². The lowest BCUT2D eigenvalue weighted by atomic mass is 10.0. The maximum atomic E-state index is 10.3. The third-order valence-corrected chi connectivity index (χ3v) is 5.17. The normalized spacial score (nSPS) is 16.9. The van der Waals surface area contributed by atoms with Crippen LogP contribution >= 0.6 is 0 Å². The van der Waals surface area contributed by atoms with Gasteiger partial charge in [0.15, 0.2) is 0 Å². The molecule has 0 bridgehead atoms. The molecular formula is C23H32N2O4. The Balaban J connectivity index is 1.51. The Hall–Kier alpha value is -2.12. The second-order valence-corrected chi connectivity index (χ2v) is 7.37. The Bertz CT molecular complexity index is 715. The highest BCUT2D eigenvalue weighted by Crippen LogP contribution is 2.23. The number of ether oxygens (including phenoxy) is 3. The highest BCUT2D eigenvalue weighted by Gasteiger charge is 2.22. The van der Waals surface area contributed by atoms with Crippen molar-refractivity contribution in [2.24, 2.45) is 0 Å². The van der Waals surface area contributed by atoms with Crippen LogP contribution in [0.15, 0.2) is 48.5 Å². The van der Waals surface area contributed by atoms with Gasteiger partial charge in [-0.25, -0.2) is 0 Å². The zero-order valence-corrected chi connectivity index (χ0v) is 17.3. The van der Waals surface area contributed by atoms with E-state index in [4.69, 9.17) is 14.2 Å². The Morgan fingerprint density at radius 1 is 1.00 bits per heavy atom. The first-order valence-electron chi connectivity index (χ1n) is 10.2. The van der Waals surface area contributed by atoms with Gasteiger partial charge in [-0.2, -0.15) is 0 Å². The molecule has 6 nitrogen and oxygen atoms in total. The van der Waals surface area contributed by atoms with E-state index < -0.39 is 6.10 Å². The van der Waals surface area contributed by atoms with E-state index in [1.807, 2.05) is 43.3 Å². The minimum absolute atomic E-state index is 0.218. The maximum Gasteiger partial charge on any atom is 0.119 e. The lowest BCUT2D eigenvalue weighted by Crippen LogP contribution is -2.44. The molecule has 2 N–H and O–H groups in total. The Kier molecular flexibility index (Phi) is 8.31. The molecule has 0 spiro atoms. The zero-order chi connectivity index (χ0) is 20.5. The molecule has 2 atom stereocenters. The standard InChI is InChI=1S/C23H32N2O4/c1-18-3-7-22(8-4-18)29-17-20(26)15-24-16-23(25-11-13-28-14-12-25)19-5-9-21(27-2)10-6-19/h3-10,20,23-24,26H,11-17H2,1-2H3. The SMILES string of the molecule is COc1ccc(C(CNCC(O)COc2ccc(C)cc2)N2CCOCC2)cc1. The molecule has 6 heteroatoms. The topological polar surface area (TPSA) is 63.2 Å². The third-order valence-electron chi connectivity index (χ3n) is 5.17. The molecule has 2 aromatic carbocycles. The van der Waals surface area contributed by atoms with E-state index in [0.717, 1.165) is 44.3 Å². The van der Waals surface area contributed by atoms with Crippen LogP contribution in [-0.2, 0) is 4.74 Å². The van der Waals surface area contributed by atoms with Crippen LogP contribution < -0.4 is 14.8 Å². The van der Waals surface area contributed by atoms with Crippen molar-refractivity contribution < 1.29 is 19.3 Å². The number of methoxy groups -OCH3 is 1. The van der Waals surface area contributed by atoms with E-state index in [1.54, 1.807) is 7.11 Å². The summed E-state index contributed by atoms with van der Waals surface area (Å²) in [7, 11) is 1.68. The van der Waals surface area contributed by atoms with Crippen molar-refractivity contribution in [1.82, 2.24) is 10.2 Å². The Morgan fingerprint density at radius 3 is 2.31 bits per heavy atom. The quantitative estimate of drug-likeness (QED) is 0.639. The van der Waals surface area contributed by atoms with Gasteiger partial charge in [-0.15, -0.1) is 0 Å². The van der Waals surface area contributed by atoms with Gasteiger partial charge in [0.05, 0.1) is 20.3 Å². The van der Waals surface area contributed by atoms with Gasteiger partial charge in [0.1, 0.15) is 24.2 Å². The van der Waals surface area contributed by atoms with Crippen LogP contribution in [-0.4, -0.2) is 69.2 Å². The largest absolute Gasteiger partial charge is 0.497 e. The fourth-order valence-corrected chi connectivity index (χ4v) is 3.45. The summed E-state index contributed by atoms with van der Waals surface area (Å²) in [6.07, 6.45) is -0.572. The van der Waals surface area contributed by atoms with Gasteiger partial charge in [-0.05, 0) is 36.8 Å². The van der Waals surface area contributed by atoms with Gasteiger partial charge in [-0.1, -0.05) is 29.8 Å². The van der Waals surface area contributed by atoms with Gasteiger partial charge in [0.25, 0.3) is 0 Å². The summed E-state index contributed by atoms with van der Waals surface area (Å²) in [6, 6.07) is 16.3. The zero-order valence-electron chi connectivity index (χ0n) is 17.3. The van der Waals surface area contributed by atoms with Crippen molar-refractivity contribution in [3.63, 3.8) is 0 Å². The molecule has 29 heavy (non-hydrogen) atoms. The predicted octanol–water partition coefficient (Wildman–Crippen LogP) is 2.41. The number of rotatable bonds is 10. The summed E-state index contributed by atoms with van der Waals surface area (Å²) < 4.78 is 16.5. The minimum Gasteiger partial charge on any atom is -0.497 e. The molecule has 3 rings (SSSR count). The number of aliphatic hydroxyl groups excluding tert-OH is 1. The summed E-state index contributed by atoms with van der Waals surface area (Å²) in [4.78, 5) is 2.42. The molecule has 2 unspecified atom stereocenters. The molecule has 0 saturated carbocycles. The summed E-state index contributed by atoms with van der Waals surface area (Å²) in [5.41, 5.74) is 2.41. The highest BCUT2D eigenvalue weighted by atomic mass is 16.5. The summed E-state index contributed by atoms with van der Waals surface area (Å²) >= 11 is 0. The Morgan fingerprint density at radius 2 is 1.66 bits per heavy atom. The number of hydrogen-bond acceptors (Lipinski definition) is 6. The van der Waals surface area contributed by atoms with Gasteiger partial charge < -0.3 is 24.6 Å². The third kappa shape index (κ3) is 6.72. The number of aliphatic hydroxyl groups is 1. The second-order valence-electron chi connectivity index (χ2n) is 7.37. The van der Waals surface area contributed by atoms with Crippen LogP contribution in [0.5, 0.6) is 11.5 Å². The van der Waals surface area contributed by atoms with E-state index in [0.29, 0.717) is 6.54 Å². The molecule has 1 heterocycles. The summed E-state index contributed by atoms with van der Waals surface area (Å²) in [5.74, 6) is 1.63. The molecule has 1 aliphatic rings. The summed E-state index contributed by atoms with van der Waals surface area (Å²) in [6.45, 7) is 6.82. The molecule has 1 saturated heterocycles. The van der Waals surface area contributed by atoms with Crippen LogP contribution in [0.2, 0.25) is 0 Å². The van der Waals surface area contributed by atoms with E-state index in [-0.39, 0.29) is 12.6 Å². The predicted molar refractivity (Wildman–Crippen MR) is 114 cm³/mol. The lowest BCUT2D eigenvalue weighted by Gasteiger charge is -2.35. The number of aryl methyl sites for hydroxylation is 1. The highest BCUT2D eigenvalue weighted by molar-refractivity contribution is 5.29. The number of benzene rings is 2. The van der Waals surface area contributed by atoms with Crippen LogP contribution in [0.3, 0.4) is 0 Å². The molecule has 1 aliphatic heterocycles. The molecule has 2 aromatic rings. The van der Waals surface area contributed by atoms with Gasteiger partial charge >= 0.3 is 0 Å². The van der Waals surface area contributed by atoms with E-state index >= 15 is 0 Å². The van der Waals surface area contributed by atoms with Crippen molar-refractivity contribution in [1.29, 1.82) is 0 Å². The molecule has 0 aromatic heterocycles.